The van der Waals surface area contributed by atoms with Crippen molar-refractivity contribution in [2.75, 3.05) is 5.73 Å². The van der Waals surface area contributed by atoms with Crippen molar-refractivity contribution in [3.63, 3.8) is 0 Å². The van der Waals surface area contributed by atoms with Gasteiger partial charge in [0.15, 0.2) is 0 Å². The van der Waals surface area contributed by atoms with E-state index < -0.39 is 11.8 Å². The van der Waals surface area contributed by atoms with Crippen molar-refractivity contribution in [1.82, 2.24) is 0 Å². The van der Waals surface area contributed by atoms with Gasteiger partial charge in [0.25, 0.3) is 0 Å². The molecule has 0 aliphatic rings. The molecule has 1 rings (SSSR count). The highest BCUT2D eigenvalue weighted by molar-refractivity contribution is 5.66. The number of anilines is 1. The van der Waals surface area contributed by atoms with Crippen LogP contribution in [0.15, 0.2) is 18.2 Å². The molecule has 0 amide bonds. The van der Waals surface area contributed by atoms with E-state index in [4.69, 9.17) is 10.8 Å². The molecule has 0 spiro atoms. The number of carboxylic acids is 1. The summed E-state index contributed by atoms with van der Waals surface area (Å²) < 4.78 is 12.7. The van der Waals surface area contributed by atoms with Gasteiger partial charge in [0.2, 0.25) is 0 Å². The van der Waals surface area contributed by atoms with Crippen LogP contribution >= 0.6 is 0 Å². The van der Waals surface area contributed by atoms with Gasteiger partial charge in [-0.2, -0.15) is 0 Å². The summed E-state index contributed by atoms with van der Waals surface area (Å²) >= 11 is 0. The van der Waals surface area contributed by atoms with Crippen LogP contribution in [0.5, 0.6) is 0 Å². The van der Waals surface area contributed by atoms with Gasteiger partial charge in [0.05, 0.1) is 5.69 Å². The second-order valence-corrected chi connectivity index (χ2v) is 3.10. The van der Waals surface area contributed by atoms with Crippen molar-refractivity contribution in [2.45, 2.75) is 19.3 Å². The Balaban J connectivity index is 2.51. The number of carbonyl (C=O) groups is 1. The maximum atomic E-state index is 12.7. The Hall–Kier alpha value is -1.58. The van der Waals surface area contributed by atoms with E-state index in [1.165, 1.54) is 12.1 Å². The standard InChI is InChI=1S/C10H12FNO2/c11-8-5-4-7(6-9(8)12)2-1-3-10(13)14/h4-6H,1-3,12H2,(H,13,14). The van der Waals surface area contributed by atoms with Crippen molar-refractivity contribution >= 4 is 11.7 Å². The third-order valence-electron chi connectivity index (χ3n) is 1.92. The van der Waals surface area contributed by atoms with E-state index in [1.807, 2.05) is 0 Å². The molecule has 0 heterocycles. The summed E-state index contributed by atoms with van der Waals surface area (Å²) in [5.74, 6) is -1.26. The van der Waals surface area contributed by atoms with Gasteiger partial charge < -0.3 is 10.8 Å². The van der Waals surface area contributed by atoms with Gasteiger partial charge in [-0.05, 0) is 30.5 Å². The van der Waals surface area contributed by atoms with Crippen molar-refractivity contribution in [3.8, 4) is 0 Å². The van der Waals surface area contributed by atoms with Crippen LogP contribution in [0.25, 0.3) is 0 Å². The first kappa shape index (κ1) is 10.5. The molecule has 0 aromatic heterocycles. The van der Waals surface area contributed by atoms with Gasteiger partial charge in [0, 0.05) is 6.42 Å². The maximum Gasteiger partial charge on any atom is 0.303 e. The van der Waals surface area contributed by atoms with E-state index in [-0.39, 0.29) is 12.1 Å². The fraction of sp³-hybridized carbons (Fsp3) is 0.300. The molecule has 0 atom stereocenters. The molecule has 0 aliphatic carbocycles. The van der Waals surface area contributed by atoms with Crippen molar-refractivity contribution in [1.29, 1.82) is 0 Å². The highest BCUT2D eigenvalue weighted by atomic mass is 19.1. The minimum Gasteiger partial charge on any atom is -0.481 e. The average molecular weight is 197 g/mol. The third kappa shape index (κ3) is 3.05. The summed E-state index contributed by atoms with van der Waals surface area (Å²) in [5.41, 5.74) is 6.34. The lowest BCUT2D eigenvalue weighted by molar-refractivity contribution is -0.137. The van der Waals surface area contributed by atoms with E-state index in [2.05, 4.69) is 0 Å². The molecule has 3 nitrogen and oxygen atoms in total. The van der Waals surface area contributed by atoms with Gasteiger partial charge in [-0.15, -0.1) is 0 Å². The molecule has 14 heavy (non-hydrogen) atoms. The largest absolute Gasteiger partial charge is 0.481 e. The summed E-state index contributed by atoms with van der Waals surface area (Å²) in [6.45, 7) is 0. The second-order valence-electron chi connectivity index (χ2n) is 3.10. The zero-order valence-corrected chi connectivity index (χ0v) is 7.66. The Labute approximate surface area is 81.4 Å². The van der Waals surface area contributed by atoms with Crippen molar-refractivity contribution in [3.05, 3.63) is 29.6 Å². The first-order valence-electron chi connectivity index (χ1n) is 4.35. The fourth-order valence-electron chi connectivity index (χ4n) is 1.19. The number of carboxylic acid groups (broad SMARTS) is 1. The number of benzene rings is 1. The zero-order chi connectivity index (χ0) is 10.6. The topological polar surface area (TPSA) is 63.3 Å². The number of aliphatic carboxylic acids is 1. The second kappa shape index (κ2) is 4.60. The van der Waals surface area contributed by atoms with Crippen LogP contribution in [0, 0.1) is 5.82 Å². The van der Waals surface area contributed by atoms with Crippen LogP contribution in [0.2, 0.25) is 0 Å². The predicted octanol–water partition coefficient (Wildman–Crippen LogP) is 1.82. The summed E-state index contributed by atoms with van der Waals surface area (Å²) in [6, 6.07) is 4.45. The van der Waals surface area contributed by atoms with Crippen LogP contribution in [0.1, 0.15) is 18.4 Å². The van der Waals surface area contributed by atoms with Crippen LogP contribution in [0.3, 0.4) is 0 Å². The first-order valence-corrected chi connectivity index (χ1v) is 4.35. The average Bonchev–Trinajstić information content (AvgIpc) is 2.10. The number of halogens is 1. The smallest absolute Gasteiger partial charge is 0.303 e. The van der Waals surface area contributed by atoms with Gasteiger partial charge in [-0.1, -0.05) is 6.07 Å². The summed E-state index contributed by atoms with van der Waals surface area (Å²) in [6.07, 6.45) is 1.27. The lowest BCUT2D eigenvalue weighted by Crippen LogP contribution is -1.97. The van der Waals surface area contributed by atoms with Gasteiger partial charge >= 0.3 is 5.97 Å². The van der Waals surface area contributed by atoms with Crippen LogP contribution < -0.4 is 5.73 Å². The van der Waals surface area contributed by atoms with E-state index in [0.717, 1.165) is 5.56 Å². The van der Waals surface area contributed by atoms with Crippen molar-refractivity contribution < 1.29 is 14.3 Å². The van der Waals surface area contributed by atoms with Crippen LogP contribution in [0.4, 0.5) is 10.1 Å². The lowest BCUT2D eigenvalue weighted by Gasteiger charge is -2.01. The summed E-state index contributed by atoms with van der Waals surface area (Å²) in [5, 5.41) is 8.41. The summed E-state index contributed by atoms with van der Waals surface area (Å²) in [4.78, 5) is 10.2. The molecule has 0 aliphatic heterocycles. The Kier molecular flexibility index (Phi) is 3.45. The minimum atomic E-state index is -0.819. The number of nitrogens with two attached hydrogens (primary N) is 1. The van der Waals surface area contributed by atoms with Crippen LogP contribution in [-0.4, -0.2) is 11.1 Å². The van der Waals surface area contributed by atoms with Gasteiger partial charge in [0.1, 0.15) is 5.82 Å². The zero-order valence-electron chi connectivity index (χ0n) is 7.66. The lowest BCUT2D eigenvalue weighted by atomic mass is 10.1. The molecular formula is C10H12FNO2. The Morgan fingerprint density at radius 2 is 2.21 bits per heavy atom. The molecule has 4 heteroatoms. The van der Waals surface area contributed by atoms with E-state index in [0.29, 0.717) is 12.8 Å². The molecule has 76 valence electrons. The predicted molar refractivity (Wildman–Crippen MR) is 51.4 cm³/mol. The summed E-state index contributed by atoms with van der Waals surface area (Å²) in [7, 11) is 0. The minimum absolute atomic E-state index is 0.109. The number of hydrogen-bond donors (Lipinski definition) is 2. The number of aryl methyl sites for hydroxylation is 1. The highest BCUT2D eigenvalue weighted by Crippen LogP contribution is 2.14. The molecule has 0 saturated heterocycles. The van der Waals surface area contributed by atoms with Gasteiger partial charge in [-0.25, -0.2) is 4.39 Å². The van der Waals surface area contributed by atoms with Gasteiger partial charge in [-0.3, -0.25) is 4.79 Å². The normalized spacial score (nSPS) is 10.1. The Bertz CT molecular complexity index is 339. The highest BCUT2D eigenvalue weighted by Gasteiger charge is 2.01. The monoisotopic (exact) mass is 197 g/mol. The molecule has 0 bridgehead atoms. The van der Waals surface area contributed by atoms with E-state index in [9.17, 15) is 9.18 Å². The first-order chi connectivity index (χ1) is 6.59. The number of hydrogen-bond acceptors (Lipinski definition) is 2. The molecule has 0 fully saturated rings. The molecule has 0 radical (unpaired) electrons. The quantitative estimate of drug-likeness (QED) is 0.723. The number of nitrogen functional groups attached to an aromatic ring is 1. The van der Waals surface area contributed by atoms with E-state index in [1.54, 1.807) is 6.07 Å². The Morgan fingerprint density at radius 1 is 1.50 bits per heavy atom. The molecule has 1 aromatic rings. The Morgan fingerprint density at radius 3 is 2.79 bits per heavy atom. The van der Waals surface area contributed by atoms with Crippen LogP contribution in [-0.2, 0) is 11.2 Å². The SMILES string of the molecule is Nc1cc(CCCC(=O)O)ccc1F. The maximum absolute atomic E-state index is 12.7. The number of rotatable bonds is 4. The molecule has 3 N–H and O–H groups in total. The molecule has 0 saturated carbocycles. The molecule has 0 unspecified atom stereocenters. The molecule has 1 aromatic carbocycles. The van der Waals surface area contributed by atoms with Crippen molar-refractivity contribution in [2.24, 2.45) is 0 Å². The molecular weight excluding hydrogens is 185 g/mol. The van der Waals surface area contributed by atoms with E-state index >= 15 is 0 Å². The third-order valence-corrected chi connectivity index (χ3v) is 1.92. The fourth-order valence-corrected chi connectivity index (χ4v) is 1.19.